The van der Waals surface area contributed by atoms with E-state index in [0.717, 1.165) is 24.3 Å². The van der Waals surface area contributed by atoms with Crippen molar-refractivity contribution in [3.8, 4) is 0 Å². The molecule has 0 amide bonds. The van der Waals surface area contributed by atoms with E-state index in [4.69, 9.17) is 5.73 Å². The predicted octanol–water partition coefficient (Wildman–Crippen LogP) is 1.72. The monoisotopic (exact) mass is 308 g/mol. The maximum atomic E-state index is 13.6. The van der Waals surface area contributed by atoms with Crippen LogP contribution in [0.4, 0.5) is 14.5 Å². The van der Waals surface area contributed by atoms with Crippen molar-refractivity contribution in [3.05, 3.63) is 23.8 Å². The molecule has 1 aromatic rings. The minimum absolute atomic E-state index is 0.151. The summed E-state index contributed by atoms with van der Waals surface area (Å²) >= 11 is 1.62. The number of thioether (sulfide) groups is 1. The average Bonchev–Trinajstić information content (AvgIpc) is 2.27. The van der Waals surface area contributed by atoms with E-state index < -0.39 is 26.6 Å². The molecule has 0 aromatic heterocycles. The van der Waals surface area contributed by atoms with Gasteiger partial charge in [0, 0.05) is 17.5 Å². The lowest BCUT2D eigenvalue weighted by molar-refractivity contribution is 0.503. The van der Waals surface area contributed by atoms with Crippen LogP contribution in [-0.4, -0.2) is 26.0 Å². The van der Waals surface area contributed by atoms with Crippen LogP contribution in [0.3, 0.4) is 0 Å². The Kier molecular flexibility index (Phi) is 4.32. The van der Waals surface area contributed by atoms with Gasteiger partial charge in [-0.25, -0.2) is 21.9 Å². The third-order valence-electron chi connectivity index (χ3n) is 2.77. The van der Waals surface area contributed by atoms with Crippen LogP contribution in [0.2, 0.25) is 0 Å². The zero-order chi connectivity index (χ0) is 14.0. The second kappa shape index (κ2) is 5.64. The summed E-state index contributed by atoms with van der Waals surface area (Å²) in [6.45, 7) is 0. The van der Waals surface area contributed by atoms with Gasteiger partial charge in [-0.05, 0) is 30.7 Å². The van der Waals surface area contributed by atoms with E-state index in [1.54, 1.807) is 11.8 Å². The zero-order valence-electron chi connectivity index (χ0n) is 10.0. The fourth-order valence-corrected chi connectivity index (χ4v) is 4.51. The highest BCUT2D eigenvalue weighted by Crippen LogP contribution is 2.24. The number of sulfonamides is 1. The van der Waals surface area contributed by atoms with E-state index in [9.17, 15) is 17.2 Å². The van der Waals surface area contributed by atoms with Crippen molar-refractivity contribution in [3.63, 3.8) is 0 Å². The van der Waals surface area contributed by atoms with Gasteiger partial charge in [-0.2, -0.15) is 11.8 Å². The lowest BCUT2D eigenvalue weighted by Crippen LogP contribution is -2.39. The van der Waals surface area contributed by atoms with E-state index >= 15 is 0 Å². The molecule has 0 spiro atoms. The van der Waals surface area contributed by atoms with Crippen molar-refractivity contribution in [1.82, 2.24) is 4.72 Å². The standard InChI is InChI=1S/C11H14F2N2O2S2/c12-9-4-7(14)5-10(13)11(9)19(16,17)15-8-2-1-3-18-6-8/h4-5,8,15H,1-3,6,14H2. The normalized spacial score (nSPS) is 20.4. The fraction of sp³-hybridized carbons (Fsp3) is 0.455. The fourth-order valence-electron chi connectivity index (χ4n) is 1.95. The molecule has 1 saturated heterocycles. The SMILES string of the molecule is Nc1cc(F)c(S(=O)(=O)NC2CCCSC2)c(F)c1. The van der Waals surface area contributed by atoms with Gasteiger partial charge in [0.15, 0.2) is 4.90 Å². The van der Waals surface area contributed by atoms with Crippen molar-refractivity contribution >= 4 is 27.5 Å². The van der Waals surface area contributed by atoms with Crippen molar-refractivity contribution in [2.75, 3.05) is 17.2 Å². The number of nitrogens with one attached hydrogen (secondary N) is 1. The topological polar surface area (TPSA) is 72.2 Å². The molecule has 0 aliphatic carbocycles. The first kappa shape index (κ1) is 14.5. The van der Waals surface area contributed by atoms with Gasteiger partial charge in [-0.1, -0.05) is 0 Å². The Morgan fingerprint density at radius 1 is 1.32 bits per heavy atom. The molecule has 19 heavy (non-hydrogen) atoms. The molecule has 2 rings (SSSR count). The van der Waals surface area contributed by atoms with Crippen LogP contribution in [0.1, 0.15) is 12.8 Å². The highest BCUT2D eigenvalue weighted by Gasteiger charge is 2.28. The van der Waals surface area contributed by atoms with Gasteiger partial charge in [0.1, 0.15) is 11.6 Å². The van der Waals surface area contributed by atoms with E-state index in [2.05, 4.69) is 4.72 Å². The summed E-state index contributed by atoms with van der Waals surface area (Å²) in [4.78, 5) is -0.961. The molecule has 0 saturated carbocycles. The summed E-state index contributed by atoms with van der Waals surface area (Å²) in [6.07, 6.45) is 1.55. The molecule has 1 fully saturated rings. The summed E-state index contributed by atoms with van der Waals surface area (Å²) in [6, 6.07) is 1.31. The van der Waals surface area contributed by atoms with E-state index in [0.29, 0.717) is 12.2 Å². The molecule has 1 aliphatic rings. The number of nitrogens with two attached hydrogens (primary N) is 1. The Balaban J connectivity index is 2.29. The minimum Gasteiger partial charge on any atom is -0.399 e. The predicted molar refractivity (Wildman–Crippen MR) is 71.4 cm³/mol. The molecular weight excluding hydrogens is 294 g/mol. The molecule has 1 aliphatic heterocycles. The third-order valence-corrected chi connectivity index (χ3v) is 5.56. The molecule has 0 bridgehead atoms. The summed E-state index contributed by atoms with van der Waals surface area (Å²) in [5, 5.41) is 0. The van der Waals surface area contributed by atoms with Crippen LogP contribution >= 0.6 is 11.8 Å². The summed E-state index contributed by atoms with van der Waals surface area (Å²) in [7, 11) is -4.21. The summed E-state index contributed by atoms with van der Waals surface area (Å²) in [5.74, 6) is -0.762. The van der Waals surface area contributed by atoms with Crippen LogP contribution in [0.5, 0.6) is 0 Å². The van der Waals surface area contributed by atoms with Crippen LogP contribution in [0, 0.1) is 11.6 Å². The Bertz CT molecular complexity index is 549. The summed E-state index contributed by atoms with van der Waals surface area (Å²) < 4.78 is 53.6. The van der Waals surface area contributed by atoms with Gasteiger partial charge < -0.3 is 5.73 Å². The van der Waals surface area contributed by atoms with E-state index in [-0.39, 0.29) is 11.7 Å². The van der Waals surface area contributed by atoms with E-state index in [1.807, 2.05) is 0 Å². The maximum Gasteiger partial charge on any atom is 0.246 e. The lowest BCUT2D eigenvalue weighted by atomic mass is 10.2. The second-order valence-electron chi connectivity index (χ2n) is 4.35. The Labute approximate surface area is 114 Å². The largest absolute Gasteiger partial charge is 0.399 e. The van der Waals surface area contributed by atoms with Crippen molar-refractivity contribution in [1.29, 1.82) is 0 Å². The molecule has 1 aromatic carbocycles. The molecule has 8 heteroatoms. The van der Waals surface area contributed by atoms with Gasteiger partial charge in [-0.3, -0.25) is 0 Å². The number of halogens is 2. The average molecular weight is 308 g/mol. The number of hydrogen-bond donors (Lipinski definition) is 2. The first-order chi connectivity index (χ1) is 8.90. The molecule has 1 heterocycles. The third kappa shape index (κ3) is 3.37. The van der Waals surface area contributed by atoms with Crippen molar-refractivity contribution in [2.24, 2.45) is 0 Å². The zero-order valence-corrected chi connectivity index (χ0v) is 11.7. The van der Waals surface area contributed by atoms with Gasteiger partial charge in [0.25, 0.3) is 0 Å². The molecule has 1 unspecified atom stereocenters. The molecular formula is C11H14F2N2O2S2. The number of benzene rings is 1. The second-order valence-corrected chi connectivity index (χ2v) is 7.15. The van der Waals surface area contributed by atoms with Gasteiger partial charge in [0.05, 0.1) is 0 Å². The quantitative estimate of drug-likeness (QED) is 0.834. The van der Waals surface area contributed by atoms with E-state index in [1.165, 1.54) is 0 Å². The Hall–Kier alpha value is -0.860. The van der Waals surface area contributed by atoms with Crippen LogP contribution in [-0.2, 0) is 10.0 Å². The molecule has 4 nitrogen and oxygen atoms in total. The maximum absolute atomic E-state index is 13.6. The number of anilines is 1. The van der Waals surface area contributed by atoms with Crippen LogP contribution in [0.15, 0.2) is 17.0 Å². The highest BCUT2D eigenvalue weighted by atomic mass is 32.2. The Morgan fingerprint density at radius 3 is 2.47 bits per heavy atom. The first-order valence-corrected chi connectivity index (χ1v) is 8.38. The summed E-state index contributed by atoms with van der Waals surface area (Å²) in [5.41, 5.74) is 5.11. The number of rotatable bonds is 3. The number of nitrogen functional groups attached to an aromatic ring is 1. The lowest BCUT2D eigenvalue weighted by Gasteiger charge is -2.22. The van der Waals surface area contributed by atoms with Gasteiger partial charge >= 0.3 is 0 Å². The Morgan fingerprint density at radius 2 is 1.95 bits per heavy atom. The smallest absolute Gasteiger partial charge is 0.246 e. The first-order valence-electron chi connectivity index (χ1n) is 5.75. The number of hydrogen-bond acceptors (Lipinski definition) is 4. The minimum atomic E-state index is -4.21. The molecule has 106 valence electrons. The van der Waals surface area contributed by atoms with Gasteiger partial charge in [-0.15, -0.1) is 0 Å². The molecule has 1 atom stereocenters. The molecule has 3 N–H and O–H groups in total. The van der Waals surface area contributed by atoms with Crippen LogP contribution in [0.25, 0.3) is 0 Å². The van der Waals surface area contributed by atoms with Crippen molar-refractivity contribution in [2.45, 2.75) is 23.8 Å². The van der Waals surface area contributed by atoms with Crippen LogP contribution < -0.4 is 10.5 Å². The molecule has 0 radical (unpaired) electrons. The highest BCUT2D eigenvalue weighted by molar-refractivity contribution is 7.99. The van der Waals surface area contributed by atoms with Gasteiger partial charge in [0.2, 0.25) is 10.0 Å². The van der Waals surface area contributed by atoms with Crippen molar-refractivity contribution < 1.29 is 17.2 Å².